The molecule has 0 atom stereocenters. The normalized spacial score (nSPS) is 16.6. The Labute approximate surface area is 105 Å². The lowest BCUT2D eigenvalue weighted by molar-refractivity contribution is -0.132. The molecule has 1 aliphatic heterocycles. The first-order chi connectivity index (χ1) is 7.25. The van der Waals surface area contributed by atoms with E-state index in [1.165, 1.54) is 12.8 Å². The van der Waals surface area contributed by atoms with Gasteiger partial charge in [0.2, 0.25) is 5.91 Å². The first kappa shape index (κ1) is 15.7. The maximum Gasteiger partial charge on any atom is 0.222 e. The highest BCUT2D eigenvalue weighted by atomic mass is 35.5. The van der Waals surface area contributed by atoms with Gasteiger partial charge in [0.05, 0.1) is 0 Å². The number of unbranched alkanes of at least 4 members (excludes halogenated alkanes) is 2. The van der Waals surface area contributed by atoms with Gasteiger partial charge in [-0.3, -0.25) is 4.79 Å². The van der Waals surface area contributed by atoms with Gasteiger partial charge in [0.15, 0.2) is 0 Å². The first-order valence-corrected chi connectivity index (χ1v) is 6.22. The molecule has 0 spiro atoms. The number of hydrogen-bond acceptors (Lipinski definition) is 2. The lowest BCUT2D eigenvalue weighted by Crippen LogP contribution is -2.43. The number of hydrogen-bond donors (Lipinski definition) is 1. The first-order valence-electron chi connectivity index (χ1n) is 6.22. The van der Waals surface area contributed by atoms with Gasteiger partial charge in [0, 0.05) is 19.5 Å². The van der Waals surface area contributed by atoms with Crippen molar-refractivity contribution in [3.8, 4) is 0 Å². The van der Waals surface area contributed by atoms with Gasteiger partial charge >= 0.3 is 0 Å². The minimum absolute atomic E-state index is 0. The van der Waals surface area contributed by atoms with Gasteiger partial charge in [-0.2, -0.15) is 0 Å². The highest BCUT2D eigenvalue weighted by molar-refractivity contribution is 5.85. The molecule has 1 saturated heterocycles. The van der Waals surface area contributed by atoms with Gasteiger partial charge in [-0.15, -0.1) is 12.4 Å². The van der Waals surface area contributed by atoms with Crippen molar-refractivity contribution in [1.82, 2.24) is 10.2 Å². The van der Waals surface area contributed by atoms with E-state index in [-0.39, 0.29) is 12.4 Å². The number of nitrogens with zero attached hydrogens (tertiary/aromatic N) is 1. The lowest BCUT2D eigenvalue weighted by Gasteiger charge is -2.31. The van der Waals surface area contributed by atoms with Crippen molar-refractivity contribution in [3.05, 3.63) is 0 Å². The van der Waals surface area contributed by atoms with Gasteiger partial charge < -0.3 is 10.2 Å². The van der Waals surface area contributed by atoms with E-state index in [9.17, 15) is 4.79 Å². The molecular weight excluding hydrogens is 224 g/mol. The van der Waals surface area contributed by atoms with Crippen LogP contribution in [0, 0.1) is 0 Å². The van der Waals surface area contributed by atoms with E-state index in [0.29, 0.717) is 11.9 Å². The maximum absolute atomic E-state index is 11.8. The Bertz CT molecular complexity index is 193. The smallest absolute Gasteiger partial charge is 0.222 e. The summed E-state index contributed by atoms with van der Waals surface area (Å²) in [5.41, 5.74) is 0. The zero-order valence-corrected chi connectivity index (χ0v) is 11.3. The Morgan fingerprint density at radius 3 is 2.50 bits per heavy atom. The van der Waals surface area contributed by atoms with E-state index in [1.54, 1.807) is 0 Å². The summed E-state index contributed by atoms with van der Waals surface area (Å²) in [5, 5.41) is 3.32. The second-order valence-corrected chi connectivity index (χ2v) is 4.44. The zero-order chi connectivity index (χ0) is 11.1. The van der Waals surface area contributed by atoms with Crippen molar-refractivity contribution in [3.63, 3.8) is 0 Å². The van der Waals surface area contributed by atoms with Crippen molar-refractivity contribution in [2.24, 2.45) is 0 Å². The molecule has 0 aromatic rings. The van der Waals surface area contributed by atoms with E-state index in [1.807, 2.05) is 11.9 Å². The highest BCUT2D eigenvalue weighted by Gasteiger charge is 2.20. The van der Waals surface area contributed by atoms with E-state index in [4.69, 9.17) is 0 Å². The Hall–Kier alpha value is -0.280. The number of carbonyl (C=O) groups excluding carboxylic acids is 1. The van der Waals surface area contributed by atoms with Crippen LogP contribution in [0.15, 0.2) is 0 Å². The number of amides is 1. The summed E-state index contributed by atoms with van der Waals surface area (Å²) >= 11 is 0. The summed E-state index contributed by atoms with van der Waals surface area (Å²) in [6.45, 7) is 4.27. The molecule has 1 fully saturated rings. The van der Waals surface area contributed by atoms with Gasteiger partial charge in [-0.05, 0) is 32.4 Å². The summed E-state index contributed by atoms with van der Waals surface area (Å²) in [4.78, 5) is 13.8. The van der Waals surface area contributed by atoms with Gasteiger partial charge in [-0.25, -0.2) is 0 Å². The largest absolute Gasteiger partial charge is 0.343 e. The van der Waals surface area contributed by atoms with Crippen molar-refractivity contribution < 1.29 is 4.79 Å². The van der Waals surface area contributed by atoms with Gasteiger partial charge in [0.25, 0.3) is 0 Å². The van der Waals surface area contributed by atoms with Crippen LogP contribution in [0.1, 0.15) is 45.4 Å². The average molecular weight is 249 g/mol. The molecule has 3 nitrogen and oxygen atoms in total. The Morgan fingerprint density at radius 1 is 1.31 bits per heavy atom. The van der Waals surface area contributed by atoms with E-state index >= 15 is 0 Å². The van der Waals surface area contributed by atoms with Crippen molar-refractivity contribution >= 4 is 18.3 Å². The molecule has 1 heterocycles. The third-order valence-electron chi connectivity index (χ3n) is 3.24. The van der Waals surface area contributed by atoms with Crippen LogP contribution in [-0.2, 0) is 4.79 Å². The Kier molecular flexibility index (Phi) is 8.67. The minimum atomic E-state index is 0. The fraction of sp³-hybridized carbons (Fsp3) is 0.917. The molecule has 0 saturated carbocycles. The minimum Gasteiger partial charge on any atom is -0.343 e. The quantitative estimate of drug-likeness (QED) is 0.757. The van der Waals surface area contributed by atoms with Crippen LogP contribution in [-0.4, -0.2) is 37.0 Å². The van der Waals surface area contributed by atoms with Crippen molar-refractivity contribution in [2.75, 3.05) is 20.1 Å². The van der Waals surface area contributed by atoms with Crippen LogP contribution < -0.4 is 5.32 Å². The number of piperidine rings is 1. The molecule has 0 unspecified atom stereocenters. The molecule has 96 valence electrons. The van der Waals surface area contributed by atoms with Crippen LogP contribution in [0.4, 0.5) is 0 Å². The predicted octanol–water partition coefficient (Wildman–Crippen LogP) is 2.20. The van der Waals surface area contributed by atoms with Gasteiger partial charge in [-0.1, -0.05) is 19.8 Å². The summed E-state index contributed by atoms with van der Waals surface area (Å²) in [7, 11) is 1.96. The number of halogens is 1. The average Bonchev–Trinajstić information content (AvgIpc) is 2.29. The maximum atomic E-state index is 11.8. The van der Waals surface area contributed by atoms with Crippen LogP contribution in [0.5, 0.6) is 0 Å². The van der Waals surface area contributed by atoms with E-state index in [0.717, 1.165) is 38.8 Å². The third kappa shape index (κ3) is 5.17. The third-order valence-corrected chi connectivity index (χ3v) is 3.24. The topological polar surface area (TPSA) is 32.3 Å². The fourth-order valence-corrected chi connectivity index (χ4v) is 2.10. The second kappa shape index (κ2) is 8.82. The molecule has 0 bridgehead atoms. The van der Waals surface area contributed by atoms with E-state index in [2.05, 4.69) is 12.2 Å². The molecule has 0 aromatic heterocycles. The molecule has 1 aliphatic rings. The summed E-state index contributed by atoms with van der Waals surface area (Å²) in [6, 6.07) is 0.473. The highest BCUT2D eigenvalue weighted by Crippen LogP contribution is 2.12. The molecule has 0 radical (unpaired) electrons. The summed E-state index contributed by atoms with van der Waals surface area (Å²) in [5.74, 6) is 0.329. The zero-order valence-electron chi connectivity index (χ0n) is 10.5. The fourth-order valence-electron chi connectivity index (χ4n) is 2.10. The number of nitrogens with one attached hydrogen (secondary N) is 1. The Balaban J connectivity index is 0.00000225. The van der Waals surface area contributed by atoms with Gasteiger partial charge in [0.1, 0.15) is 0 Å². The Morgan fingerprint density at radius 2 is 1.94 bits per heavy atom. The van der Waals surface area contributed by atoms with E-state index < -0.39 is 0 Å². The van der Waals surface area contributed by atoms with Crippen LogP contribution in [0.25, 0.3) is 0 Å². The molecule has 0 aromatic carbocycles. The molecular formula is C12H25ClN2O. The summed E-state index contributed by atoms with van der Waals surface area (Å²) < 4.78 is 0. The SMILES string of the molecule is CCCCCC(=O)N(C)C1CCNCC1.Cl. The predicted molar refractivity (Wildman–Crippen MR) is 70.1 cm³/mol. The number of rotatable bonds is 5. The standard InChI is InChI=1S/C12H24N2O.ClH/c1-3-4-5-6-12(15)14(2)11-7-9-13-10-8-11;/h11,13H,3-10H2,1-2H3;1H. The van der Waals surface area contributed by atoms with Crippen LogP contribution in [0.3, 0.4) is 0 Å². The monoisotopic (exact) mass is 248 g/mol. The molecule has 1 N–H and O–H groups in total. The van der Waals surface area contributed by atoms with Crippen molar-refractivity contribution in [2.45, 2.75) is 51.5 Å². The molecule has 1 rings (SSSR count). The summed E-state index contributed by atoms with van der Waals surface area (Å²) in [6.07, 6.45) is 6.35. The lowest BCUT2D eigenvalue weighted by atomic mass is 10.0. The van der Waals surface area contributed by atoms with Crippen LogP contribution in [0.2, 0.25) is 0 Å². The molecule has 4 heteroatoms. The van der Waals surface area contributed by atoms with Crippen molar-refractivity contribution in [1.29, 1.82) is 0 Å². The molecule has 0 aliphatic carbocycles. The molecule has 1 amide bonds. The molecule has 16 heavy (non-hydrogen) atoms. The number of carbonyl (C=O) groups is 1. The van der Waals surface area contributed by atoms with Crippen LogP contribution >= 0.6 is 12.4 Å². The second-order valence-electron chi connectivity index (χ2n) is 4.44.